The first kappa shape index (κ1) is 29.7. The van der Waals surface area contributed by atoms with Crippen LogP contribution in [-0.2, 0) is 11.2 Å². The quantitative estimate of drug-likeness (QED) is 0.312. The summed E-state index contributed by atoms with van der Waals surface area (Å²) in [4.78, 5) is 45.4. The molecule has 220 valence electrons. The van der Waals surface area contributed by atoms with Crippen molar-refractivity contribution in [2.75, 3.05) is 32.7 Å². The normalized spacial score (nSPS) is 17.0. The molecule has 9 heteroatoms. The third-order valence-corrected chi connectivity index (χ3v) is 9.77. The average Bonchev–Trinajstić information content (AvgIpc) is 3.67. The number of nitriles is 1. The second-order valence-electron chi connectivity index (χ2n) is 11.5. The van der Waals surface area contributed by atoms with Crippen molar-refractivity contribution in [1.29, 1.82) is 5.26 Å². The standard InChI is InChI=1S/C33H39N5O3S/c34-18-23-37-20-13-26(14-21-37)12-19-35-32(41)38(22-15-25-8-2-1-3-9-25)31(40)33(16-6-7-17-33)36-30(39)29-24-27-10-4-5-11-28(27)42-29/h1-5,8-11,24,26H,6-7,12-17,19-23H2,(H,35,41)(H,36,39). The van der Waals surface area contributed by atoms with Gasteiger partial charge in [-0.2, -0.15) is 5.26 Å². The van der Waals surface area contributed by atoms with Gasteiger partial charge in [0.1, 0.15) is 5.54 Å². The van der Waals surface area contributed by atoms with E-state index >= 15 is 0 Å². The highest BCUT2D eigenvalue weighted by Gasteiger charge is 2.46. The summed E-state index contributed by atoms with van der Waals surface area (Å²) in [5.41, 5.74) is -0.0588. The van der Waals surface area contributed by atoms with Gasteiger partial charge in [0.05, 0.1) is 17.5 Å². The second-order valence-corrected chi connectivity index (χ2v) is 12.6. The molecule has 4 amide bonds. The highest BCUT2D eigenvalue weighted by Crippen LogP contribution is 2.33. The van der Waals surface area contributed by atoms with Gasteiger partial charge in [0, 0.05) is 17.8 Å². The Balaban J connectivity index is 1.27. The smallest absolute Gasteiger partial charge is 0.324 e. The molecule has 0 atom stereocenters. The third-order valence-electron chi connectivity index (χ3n) is 8.66. The van der Waals surface area contributed by atoms with Gasteiger partial charge >= 0.3 is 6.03 Å². The Kier molecular flexibility index (Phi) is 9.88. The molecule has 1 aromatic heterocycles. The topological polar surface area (TPSA) is 106 Å². The molecular weight excluding hydrogens is 546 g/mol. The van der Waals surface area contributed by atoms with E-state index in [0.29, 0.717) is 43.1 Å². The molecule has 42 heavy (non-hydrogen) atoms. The summed E-state index contributed by atoms with van der Waals surface area (Å²) in [6.07, 6.45) is 6.03. The lowest BCUT2D eigenvalue weighted by molar-refractivity contribution is -0.134. The zero-order chi connectivity index (χ0) is 29.4. The third kappa shape index (κ3) is 7.18. The highest BCUT2D eigenvalue weighted by molar-refractivity contribution is 7.20. The maximum absolute atomic E-state index is 14.3. The van der Waals surface area contributed by atoms with Crippen molar-refractivity contribution in [2.24, 2.45) is 5.92 Å². The van der Waals surface area contributed by atoms with E-state index in [9.17, 15) is 14.4 Å². The van der Waals surface area contributed by atoms with E-state index in [1.807, 2.05) is 60.7 Å². The number of likely N-dealkylation sites (tertiary alicyclic amines) is 1. The monoisotopic (exact) mass is 585 g/mol. The Morgan fingerprint density at radius 1 is 1.02 bits per heavy atom. The number of hydrogen-bond donors (Lipinski definition) is 2. The SMILES string of the molecule is N#CCN1CCC(CCNC(=O)N(CCc2ccccc2)C(=O)C2(NC(=O)c3cc4ccccc4s3)CCCC2)CC1. The Morgan fingerprint density at radius 2 is 1.74 bits per heavy atom. The van der Waals surface area contributed by atoms with Gasteiger partial charge in [-0.1, -0.05) is 61.4 Å². The summed E-state index contributed by atoms with van der Waals surface area (Å²) in [6.45, 7) is 2.98. The van der Waals surface area contributed by atoms with Gasteiger partial charge in [-0.3, -0.25) is 19.4 Å². The predicted molar refractivity (Wildman–Crippen MR) is 165 cm³/mol. The number of nitrogens with zero attached hydrogens (tertiary/aromatic N) is 3. The minimum Gasteiger partial charge on any atom is -0.338 e. The van der Waals surface area contributed by atoms with Crippen LogP contribution < -0.4 is 10.6 Å². The van der Waals surface area contributed by atoms with Crippen LogP contribution in [0.3, 0.4) is 0 Å². The molecule has 1 aliphatic carbocycles. The van der Waals surface area contributed by atoms with Crippen LogP contribution >= 0.6 is 11.3 Å². The van der Waals surface area contributed by atoms with E-state index in [1.165, 1.54) is 16.2 Å². The summed E-state index contributed by atoms with van der Waals surface area (Å²) in [5, 5.41) is 16.1. The highest BCUT2D eigenvalue weighted by atomic mass is 32.1. The summed E-state index contributed by atoms with van der Waals surface area (Å²) < 4.78 is 1.02. The Morgan fingerprint density at radius 3 is 2.45 bits per heavy atom. The number of amides is 4. The Hall–Kier alpha value is -3.74. The minimum absolute atomic E-state index is 0.238. The molecule has 2 N–H and O–H groups in total. The summed E-state index contributed by atoms with van der Waals surface area (Å²) in [6, 6.07) is 21.4. The number of fused-ring (bicyclic) bond motifs is 1. The lowest BCUT2D eigenvalue weighted by Crippen LogP contribution is -2.61. The molecule has 1 saturated heterocycles. The number of benzene rings is 2. The zero-order valence-corrected chi connectivity index (χ0v) is 24.8. The van der Waals surface area contributed by atoms with Crippen molar-refractivity contribution in [3.63, 3.8) is 0 Å². The molecule has 2 heterocycles. The van der Waals surface area contributed by atoms with Gasteiger partial charge in [-0.05, 0) is 80.6 Å². The molecule has 0 unspecified atom stereocenters. The van der Waals surface area contributed by atoms with Crippen molar-refractivity contribution >= 4 is 39.3 Å². The Labute approximate surface area is 251 Å². The van der Waals surface area contributed by atoms with Crippen molar-refractivity contribution in [3.05, 3.63) is 71.1 Å². The molecule has 8 nitrogen and oxygen atoms in total. The average molecular weight is 586 g/mol. The van der Waals surface area contributed by atoms with Gasteiger partial charge in [-0.25, -0.2) is 4.79 Å². The van der Waals surface area contributed by atoms with Gasteiger partial charge in [0.25, 0.3) is 11.8 Å². The first-order valence-corrected chi connectivity index (χ1v) is 15.8. The summed E-state index contributed by atoms with van der Waals surface area (Å²) >= 11 is 1.41. The second kappa shape index (κ2) is 14.0. The van der Waals surface area contributed by atoms with Crippen LogP contribution in [0.2, 0.25) is 0 Å². The number of carbonyl (C=O) groups excluding carboxylic acids is 3. The Bertz CT molecular complexity index is 1390. The van der Waals surface area contributed by atoms with E-state index in [0.717, 1.165) is 60.8 Å². The fourth-order valence-corrected chi connectivity index (χ4v) is 7.15. The van der Waals surface area contributed by atoms with Gasteiger partial charge < -0.3 is 10.6 Å². The van der Waals surface area contributed by atoms with Crippen LogP contribution in [0.15, 0.2) is 60.7 Å². The fourth-order valence-electron chi connectivity index (χ4n) is 6.19. The summed E-state index contributed by atoms with van der Waals surface area (Å²) in [5.74, 6) is -0.110. The first-order valence-electron chi connectivity index (χ1n) is 15.0. The molecule has 0 radical (unpaired) electrons. The van der Waals surface area contributed by atoms with Crippen LogP contribution in [0.1, 0.15) is 60.2 Å². The number of piperidine rings is 1. The maximum atomic E-state index is 14.3. The number of carbonyl (C=O) groups is 3. The van der Waals surface area contributed by atoms with E-state index < -0.39 is 11.6 Å². The number of urea groups is 1. The van der Waals surface area contributed by atoms with Crippen LogP contribution in [-0.4, -0.2) is 65.9 Å². The number of rotatable bonds is 10. The van der Waals surface area contributed by atoms with Crippen LogP contribution in [0.4, 0.5) is 4.79 Å². The van der Waals surface area contributed by atoms with Gasteiger partial charge in [0.2, 0.25) is 0 Å². The molecule has 0 spiro atoms. The molecule has 0 bridgehead atoms. The maximum Gasteiger partial charge on any atom is 0.324 e. The molecule has 5 rings (SSSR count). The molecule has 1 aliphatic heterocycles. The van der Waals surface area contributed by atoms with E-state index in [1.54, 1.807) is 0 Å². The van der Waals surface area contributed by atoms with Crippen molar-refractivity contribution in [2.45, 2.75) is 56.9 Å². The van der Waals surface area contributed by atoms with E-state index in [4.69, 9.17) is 5.26 Å². The van der Waals surface area contributed by atoms with E-state index in [-0.39, 0.29) is 18.4 Å². The first-order chi connectivity index (χ1) is 20.5. The molecule has 2 aromatic carbocycles. The van der Waals surface area contributed by atoms with Crippen molar-refractivity contribution in [1.82, 2.24) is 20.4 Å². The number of nitrogens with one attached hydrogen (secondary N) is 2. The zero-order valence-electron chi connectivity index (χ0n) is 24.0. The fraction of sp³-hybridized carbons (Fsp3) is 0.455. The minimum atomic E-state index is -1.10. The molecule has 3 aromatic rings. The van der Waals surface area contributed by atoms with Crippen molar-refractivity contribution in [3.8, 4) is 6.07 Å². The largest absolute Gasteiger partial charge is 0.338 e. The number of thiophene rings is 1. The van der Waals surface area contributed by atoms with Crippen LogP contribution in [0.25, 0.3) is 10.1 Å². The molecule has 2 fully saturated rings. The lowest BCUT2D eigenvalue weighted by Gasteiger charge is -2.34. The van der Waals surface area contributed by atoms with Crippen LogP contribution in [0, 0.1) is 17.2 Å². The summed E-state index contributed by atoms with van der Waals surface area (Å²) in [7, 11) is 0. The molecular formula is C33H39N5O3S. The van der Waals surface area contributed by atoms with Crippen LogP contribution in [0.5, 0.6) is 0 Å². The van der Waals surface area contributed by atoms with Gasteiger partial charge in [-0.15, -0.1) is 11.3 Å². The number of hydrogen-bond acceptors (Lipinski definition) is 6. The number of imide groups is 1. The van der Waals surface area contributed by atoms with Crippen molar-refractivity contribution < 1.29 is 14.4 Å². The lowest BCUT2D eigenvalue weighted by atomic mass is 9.93. The molecule has 1 saturated carbocycles. The van der Waals surface area contributed by atoms with Gasteiger partial charge in [0.15, 0.2) is 0 Å². The predicted octanol–water partition coefficient (Wildman–Crippen LogP) is 5.35. The van der Waals surface area contributed by atoms with E-state index in [2.05, 4.69) is 21.6 Å². The molecule has 2 aliphatic rings.